The Bertz CT molecular complexity index is 981. The van der Waals surface area contributed by atoms with Crippen LogP contribution in [0.1, 0.15) is 123 Å². The van der Waals surface area contributed by atoms with Crippen LogP contribution in [0.4, 0.5) is 0 Å². The number of carboxylic acids is 2. The number of hydrogen-bond donors (Lipinski definition) is 5. The Labute approximate surface area is 324 Å². The van der Waals surface area contributed by atoms with Gasteiger partial charge in [0.05, 0.1) is 0 Å². The van der Waals surface area contributed by atoms with Gasteiger partial charge in [-0.1, -0.05) is 135 Å². The van der Waals surface area contributed by atoms with Gasteiger partial charge in [0.2, 0.25) is 0 Å². The predicted molar refractivity (Wildman–Crippen MR) is 232 cm³/mol. The molecule has 5 N–H and O–H groups in total. The number of carboxylic acid groups (broad SMARTS) is 2. The number of unbranched alkanes of at least 4 members (excludes halogenated alkanes) is 2. The second-order valence-electron chi connectivity index (χ2n) is 11.6. The van der Waals surface area contributed by atoms with E-state index in [0.29, 0.717) is 0 Å². The second kappa shape index (κ2) is 52.0. The minimum Gasteiger partial charge on any atom is -0.481 e. The third-order valence-corrected chi connectivity index (χ3v) is 6.91. The summed E-state index contributed by atoms with van der Waals surface area (Å²) in [5, 5.41) is 20.2. The number of rotatable bonds is 31. The molecule has 0 spiro atoms. The van der Waals surface area contributed by atoms with Gasteiger partial charge in [0.1, 0.15) is 0 Å². The Morgan fingerprint density at radius 2 is 0.769 bits per heavy atom. The SMILES string of the molecule is CC/C=C\C/C=C\C/C=C\C/C=C\C/C=C\CCCC(=O)O.CC/C=C\C/C=C\C/C=C\C/C=C\C/C=C\CCCC(=O)O.NCCCNCCS. The van der Waals surface area contributed by atoms with E-state index in [1.54, 1.807) is 0 Å². The standard InChI is InChI=1S/2C20H30O2.C5H14N2S/c2*1-2-3-4-5-6-7-8-9-10-11-12-13-14-15-16-17-18-19-20(21)22;6-2-1-3-7-4-5-8/h2*3-4,6-7,9-10,12-13,15-16H,2,5,8,11,14,17-19H2,1H3,(H,21,22);7-8H,1-6H2/b2*4-3-,7-6-,10-9-,13-12-,16-15-;. The van der Waals surface area contributed by atoms with Crippen LogP contribution < -0.4 is 11.1 Å². The zero-order valence-corrected chi connectivity index (χ0v) is 33.5. The first-order valence-electron chi connectivity index (χ1n) is 19.4. The molecule has 0 amide bonds. The highest BCUT2D eigenvalue weighted by Crippen LogP contribution is 2.01. The van der Waals surface area contributed by atoms with Crippen molar-refractivity contribution in [3.05, 3.63) is 122 Å². The normalized spacial score (nSPS) is 12.3. The summed E-state index contributed by atoms with van der Waals surface area (Å²) in [6.07, 6.45) is 57.9. The number of nitrogens with two attached hydrogens (primary N) is 1. The van der Waals surface area contributed by atoms with Crippen molar-refractivity contribution in [2.45, 2.75) is 123 Å². The van der Waals surface area contributed by atoms with Crippen LogP contribution in [0, 0.1) is 0 Å². The third kappa shape index (κ3) is 61.8. The maximum Gasteiger partial charge on any atom is 0.303 e. The van der Waals surface area contributed by atoms with Gasteiger partial charge in [-0.3, -0.25) is 9.59 Å². The molecule has 0 saturated heterocycles. The van der Waals surface area contributed by atoms with Crippen molar-refractivity contribution in [3.8, 4) is 0 Å². The summed E-state index contributed by atoms with van der Waals surface area (Å²) in [4.78, 5) is 20.6. The van der Waals surface area contributed by atoms with Gasteiger partial charge in [-0.05, 0) is 109 Å². The lowest BCUT2D eigenvalue weighted by atomic mass is 10.2. The minimum atomic E-state index is -0.715. The summed E-state index contributed by atoms with van der Waals surface area (Å²) < 4.78 is 0. The van der Waals surface area contributed by atoms with E-state index >= 15 is 0 Å². The van der Waals surface area contributed by atoms with Crippen molar-refractivity contribution < 1.29 is 19.8 Å². The van der Waals surface area contributed by atoms with Gasteiger partial charge in [0, 0.05) is 25.1 Å². The molecule has 0 fully saturated rings. The van der Waals surface area contributed by atoms with Crippen LogP contribution >= 0.6 is 12.6 Å². The molecule has 0 aromatic heterocycles. The van der Waals surface area contributed by atoms with Crippen LogP contribution in [0.25, 0.3) is 0 Å². The lowest BCUT2D eigenvalue weighted by molar-refractivity contribution is -0.138. The van der Waals surface area contributed by atoms with Gasteiger partial charge >= 0.3 is 11.9 Å². The fourth-order valence-electron chi connectivity index (χ4n) is 3.91. The number of carbonyl (C=O) groups is 2. The average molecular weight is 739 g/mol. The van der Waals surface area contributed by atoms with Crippen LogP contribution in [-0.2, 0) is 9.59 Å². The molecule has 7 heteroatoms. The van der Waals surface area contributed by atoms with Crippen LogP contribution in [0.15, 0.2) is 122 Å². The van der Waals surface area contributed by atoms with Crippen LogP contribution in [0.5, 0.6) is 0 Å². The zero-order chi connectivity index (χ0) is 38.9. The number of nitrogens with one attached hydrogen (secondary N) is 1. The molecule has 6 nitrogen and oxygen atoms in total. The van der Waals surface area contributed by atoms with Crippen molar-refractivity contribution in [2.24, 2.45) is 5.73 Å². The summed E-state index contributed by atoms with van der Waals surface area (Å²) in [6.45, 7) is 7.08. The molecule has 0 aromatic carbocycles. The Morgan fingerprint density at radius 3 is 1.02 bits per heavy atom. The van der Waals surface area contributed by atoms with Gasteiger partial charge in [-0.15, -0.1) is 0 Å². The van der Waals surface area contributed by atoms with Crippen LogP contribution in [0.3, 0.4) is 0 Å². The summed E-state index contributed by atoms with van der Waals surface area (Å²) in [6, 6.07) is 0. The van der Waals surface area contributed by atoms with Crippen molar-refractivity contribution >= 4 is 24.6 Å². The molecule has 0 aliphatic rings. The monoisotopic (exact) mass is 739 g/mol. The highest BCUT2D eigenvalue weighted by Gasteiger charge is 1.93. The van der Waals surface area contributed by atoms with Crippen molar-refractivity contribution in [3.63, 3.8) is 0 Å². The molecule has 0 heterocycles. The number of thiol groups is 1. The van der Waals surface area contributed by atoms with Gasteiger partial charge in [-0.25, -0.2) is 0 Å². The molecular weight excluding hydrogens is 665 g/mol. The summed E-state index contributed by atoms with van der Waals surface area (Å²) >= 11 is 4.03. The minimum absolute atomic E-state index is 0.258. The number of hydrogen-bond acceptors (Lipinski definition) is 5. The van der Waals surface area contributed by atoms with E-state index in [2.05, 4.69) is 153 Å². The maximum atomic E-state index is 10.3. The summed E-state index contributed by atoms with van der Waals surface area (Å²) in [5.74, 6) is -0.524. The Morgan fingerprint density at radius 1 is 0.481 bits per heavy atom. The van der Waals surface area contributed by atoms with Gasteiger partial charge in [0.25, 0.3) is 0 Å². The molecule has 52 heavy (non-hydrogen) atoms. The largest absolute Gasteiger partial charge is 0.481 e. The van der Waals surface area contributed by atoms with E-state index in [-0.39, 0.29) is 12.8 Å². The molecule has 0 atom stereocenters. The van der Waals surface area contributed by atoms with Gasteiger partial charge in [0.15, 0.2) is 0 Å². The molecule has 0 aliphatic carbocycles. The van der Waals surface area contributed by atoms with E-state index in [1.165, 1.54) is 0 Å². The number of allylic oxidation sites excluding steroid dienone is 20. The van der Waals surface area contributed by atoms with Crippen molar-refractivity contribution in [1.29, 1.82) is 0 Å². The average Bonchev–Trinajstić information content (AvgIpc) is 3.13. The molecular formula is C45H74N2O4S. The zero-order valence-electron chi connectivity index (χ0n) is 32.6. The topological polar surface area (TPSA) is 113 Å². The lowest BCUT2D eigenvalue weighted by Crippen LogP contribution is -2.20. The molecule has 0 aliphatic heterocycles. The third-order valence-electron chi connectivity index (χ3n) is 6.68. The van der Waals surface area contributed by atoms with E-state index in [9.17, 15) is 9.59 Å². The Hall–Kier alpha value is -3.39. The molecule has 0 bridgehead atoms. The van der Waals surface area contributed by atoms with Crippen LogP contribution in [0.2, 0.25) is 0 Å². The first kappa shape index (κ1) is 53.0. The fraction of sp³-hybridized carbons (Fsp3) is 0.511. The molecule has 0 radical (unpaired) electrons. The van der Waals surface area contributed by atoms with E-state index in [0.717, 1.165) is 122 Å². The van der Waals surface area contributed by atoms with E-state index < -0.39 is 11.9 Å². The molecule has 0 rings (SSSR count). The lowest BCUT2D eigenvalue weighted by Gasteiger charge is -1.97. The van der Waals surface area contributed by atoms with Gasteiger partial charge in [-0.2, -0.15) is 12.6 Å². The quantitative estimate of drug-likeness (QED) is 0.0275. The molecule has 0 unspecified atom stereocenters. The number of aliphatic carboxylic acids is 2. The fourth-order valence-corrected chi connectivity index (χ4v) is 4.07. The van der Waals surface area contributed by atoms with Crippen LogP contribution in [-0.4, -0.2) is 47.5 Å². The van der Waals surface area contributed by atoms with E-state index in [1.807, 2.05) is 0 Å². The Balaban J connectivity index is -0.000000764. The van der Waals surface area contributed by atoms with Crippen molar-refractivity contribution in [1.82, 2.24) is 5.32 Å². The predicted octanol–water partition coefficient (Wildman–Crippen LogP) is 11.8. The molecule has 0 aromatic rings. The van der Waals surface area contributed by atoms with E-state index in [4.69, 9.17) is 15.9 Å². The highest BCUT2D eigenvalue weighted by atomic mass is 32.1. The first-order chi connectivity index (χ1) is 25.5. The maximum absolute atomic E-state index is 10.3. The molecule has 0 saturated carbocycles. The summed E-state index contributed by atoms with van der Waals surface area (Å²) in [5.41, 5.74) is 5.25. The summed E-state index contributed by atoms with van der Waals surface area (Å²) in [7, 11) is 0. The van der Waals surface area contributed by atoms with Crippen molar-refractivity contribution in [2.75, 3.05) is 25.4 Å². The first-order valence-corrected chi connectivity index (χ1v) is 20.0. The Kier molecular flexibility index (Phi) is 52.9. The highest BCUT2D eigenvalue weighted by molar-refractivity contribution is 7.80. The van der Waals surface area contributed by atoms with Gasteiger partial charge < -0.3 is 21.3 Å². The smallest absolute Gasteiger partial charge is 0.303 e. The second-order valence-corrected chi connectivity index (χ2v) is 12.1. The molecule has 294 valence electrons.